The van der Waals surface area contributed by atoms with E-state index in [4.69, 9.17) is 9.40 Å². The topological polar surface area (TPSA) is 38.9 Å². The molecule has 1 radical (unpaired) electrons. The Morgan fingerprint density at radius 2 is 1.47 bits per heavy atom. The molecule has 0 fully saturated rings. The van der Waals surface area contributed by atoms with Crippen LogP contribution in [0.25, 0.3) is 55.6 Å². The average Bonchev–Trinajstić information content (AvgIpc) is 3.50. The first-order chi connectivity index (χ1) is 24.2. The first-order valence-electron chi connectivity index (χ1n) is 16.8. The molecule has 0 saturated heterocycles. The number of hydrogen-bond donors (Lipinski definition) is 0. The molecule has 8 rings (SSSR count). The van der Waals surface area contributed by atoms with Crippen LogP contribution in [0.15, 0.2) is 144 Å². The van der Waals surface area contributed by atoms with Gasteiger partial charge in [-0.05, 0) is 51.8 Å². The Hall–Kier alpha value is -5.00. The van der Waals surface area contributed by atoms with Crippen LogP contribution in [0.2, 0.25) is 19.6 Å². The third-order valence-electron chi connectivity index (χ3n) is 8.84. The van der Waals surface area contributed by atoms with Crippen LogP contribution < -0.4 is 5.19 Å². The molecule has 0 aliphatic heterocycles. The first kappa shape index (κ1) is 35.8. The third-order valence-corrected chi connectivity index (χ3v) is 10.9. The van der Waals surface area contributed by atoms with Gasteiger partial charge >= 0.3 is 0 Å². The molecule has 3 nitrogen and oxygen atoms in total. The molecule has 0 spiro atoms. The van der Waals surface area contributed by atoms with Crippen molar-refractivity contribution in [1.29, 1.82) is 0 Å². The Labute approximate surface area is 313 Å². The molecule has 5 aromatic carbocycles. The van der Waals surface area contributed by atoms with Crippen LogP contribution in [-0.4, -0.2) is 18.0 Å². The number of aromatic nitrogens is 2. The van der Waals surface area contributed by atoms with E-state index in [0.29, 0.717) is 11.2 Å². The predicted molar refractivity (Wildman–Crippen MR) is 207 cm³/mol. The zero-order chi connectivity index (χ0) is 34.7. The van der Waals surface area contributed by atoms with Crippen LogP contribution in [0, 0.1) is 24.9 Å². The van der Waals surface area contributed by atoms with Crippen LogP contribution in [0.1, 0.15) is 16.7 Å². The molecule has 6 heteroatoms. The molecule has 0 unspecified atom stereocenters. The minimum Gasteiger partial charge on any atom is -0.500 e. The van der Waals surface area contributed by atoms with Crippen molar-refractivity contribution in [2.75, 3.05) is 0 Å². The zero-order valence-corrected chi connectivity index (χ0v) is 32.4. The van der Waals surface area contributed by atoms with Crippen LogP contribution in [0.4, 0.5) is 4.39 Å². The van der Waals surface area contributed by atoms with Gasteiger partial charge in [0, 0.05) is 49.5 Å². The summed E-state index contributed by atoms with van der Waals surface area (Å²) in [5, 5.41) is 3.17. The minimum atomic E-state index is -1.38. The van der Waals surface area contributed by atoms with E-state index >= 15 is 0 Å². The fourth-order valence-corrected chi connectivity index (χ4v) is 7.07. The van der Waals surface area contributed by atoms with Gasteiger partial charge in [-0.3, -0.25) is 0 Å². The second kappa shape index (κ2) is 15.5. The number of aryl methyl sites for hydroxylation is 1. The van der Waals surface area contributed by atoms with Gasteiger partial charge in [-0.15, -0.1) is 53.6 Å². The zero-order valence-electron chi connectivity index (χ0n) is 29.0. The second-order valence-electron chi connectivity index (χ2n) is 13.6. The summed E-state index contributed by atoms with van der Waals surface area (Å²) in [6.07, 6.45) is 4.83. The summed E-state index contributed by atoms with van der Waals surface area (Å²) in [6, 6.07) is 48.6. The fraction of sp³-hybridized carbons (Fsp3) is 0.111. The van der Waals surface area contributed by atoms with Crippen molar-refractivity contribution in [3.05, 3.63) is 174 Å². The quantitative estimate of drug-likeness (QED) is 0.123. The smallest absolute Gasteiger partial charge is 0.126 e. The molecule has 3 aromatic heterocycles. The Morgan fingerprint density at radius 3 is 2.16 bits per heavy atom. The molecule has 0 aliphatic rings. The van der Waals surface area contributed by atoms with Gasteiger partial charge < -0.3 is 14.4 Å². The van der Waals surface area contributed by atoms with E-state index < -0.39 is 8.07 Å². The van der Waals surface area contributed by atoms with Crippen molar-refractivity contribution < 1.29 is 28.9 Å². The predicted octanol–water partition coefficient (Wildman–Crippen LogP) is 11.2. The monoisotopic (exact) mass is 861 g/mol. The maximum Gasteiger partial charge on any atom is 0.126 e. The van der Waals surface area contributed by atoms with Crippen molar-refractivity contribution in [2.45, 2.75) is 33.0 Å². The van der Waals surface area contributed by atoms with Crippen molar-refractivity contribution >= 4 is 35.2 Å². The van der Waals surface area contributed by atoms with Crippen LogP contribution in [0.5, 0.6) is 0 Å². The second-order valence-corrected chi connectivity index (χ2v) is 18.6. The molecule has 0 saturated carbocycles. The van der Waals surface area contributed by atoms with Crippen molar-refractivity contribution in [2.24, 2.45) is 0 Å². The van der Waals surface area contributed by atoms with Crippen molar-refractivity contribution in [3.63, 3.8) is 0 Å². The Kier molecular flexibility index (Phi) is 10.9. The maximum absolute atomic E-state index is 13.5. The number of halogens is 1. The Morgan fingerprint density at radius 1 is 0.725 bits per heavy atom. The number of hydrogen-bond acceptors (Lipinski definition) is 3. The number of furan rings is 1. The van der Waals surface area contributed by atoms with E-state index in [1.165, 1.54) is 45.1 Å². The van der Waals surface area contributed by atoms with E-state index in [1.54, 1.807) is 6.07 Å². The summed E-state index contributed by atoms with van der Waals surface area (Å²) in [5.41, 5.74) is 11.1. The van der Waals surface area contributed by atoms with Gasteiger partial charge in [-0.1, -0.05) is 116 Å². The van der Waals surface area contributed by atoms with Gasteiger partial charge in [0.1, 0.15) is 11.4 Å². The minimum absolute atomic E-state index is 0. The van der Waals surface area contributed by atoms with E-state index in [2.05, 4.69) is 123 Å². The van der Waals surface area contributed by atoms with E-state index in [-0.39, 0.29) is 25.9 Å². The normalized spacial score (nSPS) is 11.2. The molecule has 255 valence electrons. The van der Waals surface area contributed by atoms with Crippen LogP contribution in [0.3, 0.4) is 0 Å². The molecule has 3 heterocycles. The van der Waals surface area contributed by atoms with Gasteiger partial charge in [-0.2, -0.15) is 0 Å². The Bertz CT molecular complexity index is 2390. The summed E-state index contributed by atoms with van der Waals surface area (Å²) in [6.45, 7) is 8.96. The van der Waals surface area contributed by atoms with Crippen LogP contribution in [-0.2, 0) is 26.5 Å². The molecular formula is C45H37FIrN2OSi-2. The molecule has 0 amide bonds. The standard InChI is InChI=1S/C25H20N.C20H17FNOSi.Ir/c1-19-12-14-22(15-13-19)25-17-23(16-20-8-4-2-5-9-20)24(18-26-25)21-10-6-3-7-11-21;1-24(2,3)14-8-10-18(22-12-14)17-6-4-5-16-15-9-7-13(21)11-19(15)23-20(16)17;/h2-14,17-18H,16H2,1H3;4-5,7-12H,1-3H3;/q2*-1;. The van der Waals surface area contributed by atoms with E-state index in [1.807, 2.05) is 42.7 Å². The SMILES string of the molecule is C[Si](C)(C)c1ccc(-c2[c-]ccc3c2oc2cc(F)ccc23)nc1.Cc1c[c-]c(-c2cc(Cc3ccccc3)c(-c3ccccc3)cn2)cc1.[Ir]. The van der Waals surface area contributed by atoms with Gasteiger partial charge in [0.05, 0.1) is 13.7 Å². The molecule has 8 aromatic rings. The largest absolute Gasteiger partial charge is 0.500 e. The summed E-state index contributed by atoms with van der Waals surface area (Å²) >= 11 is 0. The summed E-state index contributed by atoms with van der Waals surface area (Å²) < 4.78 is 19.4. The van der Waals surface area contributed by atoms with Gasteiger partial charge in [-0.25, -0.2) is 4.39 Å². The van der Waals surface area contributed by atoms with E-state index in [0.717, 1.165) is 39.7 Å². The van der Waals surface area contributed by atoms with Crippen molar-refractivity contribution in [3.8, 4) is 33.6 Å². The number of fused-ring (bicyclic) bond motifs is 3. The number of benzene rings is 5. The fourth-order valence-electron chi connectivity index (χ4n) is 6.04. The molecule has 0 N–H and O–H groups in total. The summed E-state index contributed by atoms with van der Waals surface area (Å²) in [7, 11) is -1.38. The van der Waals surface area contributed by atoms with Crippen LogP contribution >= 0.6 is 0 Å². The molecule has 51 heavy (non-hydrogen) atoms. The van der Waals surface area contributed by atoms with E-state index in [9.17, 15) is 4.39 Å². The molecule has 0 atom stereocenters. The van der Waals surface area contributed by atoms with Gasteiger partial charge in [0.25, 0.3) is 0 Å². The summed E-state index contributed by atoms with van der Waals surface area (Å²) in [5.74, 6) is -0.301. The third kappa shape index (κ3) is 8.16. The average molecular weight is 861 g/mol. The van der Waals surface area contributed by atoms with Gasteiger partial charge in [0.15, 0.2) is 0 Å². The number of pyridine rings is 2. The molecule has 0 bridgehead atoms. The number of nitrogens with zero attached hydrogens (tertiary/aromatic N) is 2. The first-order valence-corrected chi connectivity index (χ1v) is 20.3. The maximum atomic E-state index is 13.5. The van der Waals surface area contributed by atoms with Crippen molar-refractivity contribution in [1.82, 2.24) is 9.97 Å². The number of rotatable bonds is 6. The molecular weight excluding hydrogens is 824 g/mol. The summed E-state index contributed by atoms with van der Waals surface area (Å²) in [4.78, 5) is 9.35. The molecule has 0 aliphatic carbocycles. The van der Waals surface area contributed by atoms with Gasteiger partial charge in [0.2, 0.25) is 0 Å². The Balaban J connectivity index is 0.000000173.